The fourth-order valence-corrected chi connectivity index (χ4v) is 19.1. The van der Waals surface area contributed by atoms with Crippen molar-refractivity contribution in [2.75, 3.05) is 0 Å². The molecule has 4 heterocycles. The molecule has 7 aliphatic rings. The number of fused-ring (bicyclic) bond motifs is 18. The van der Waals surface area contributed by atoms with Crippen LogP contribution in [0.2, 0.25) is 0 Å². The predicted molar refractivity (Wildman–Crippen MR) is 426 cm³/mol. The SMILES string of the molecule is c1ccc(-c2nc(-c3ccc4c(c3)C3c5ccccc5C4c4cc(-c5nc(-c6ccccc6)nc(-c6ccccc6-c6ccc7c(c6)C6(c8ccccc8Oc8ccccc86)c6ccccc6-7)n5)ccc43)nc(-c3ccccc3-c3ccc4c(c3)C3(c5ccccc5Oc5ccccc53)c3ccccc3-4)n2)cc1. The highest BCUT2D eigenvalue weighted by Gasteiger charge is 2.53. The molecule has 0 saturated heterocycles. The fourth-order valence-electron chi connectivity index (χ4n) is 19.1. The van der Waals surface area contributed by atoms with Crippen molar-refractivity contribution in [3.8, 4) is 136 Å². The molecule has 0 N–H and O–H groups in total. The van der Waals surface area contributed by atoms with Gasteiger partial charge in [0.2, 0.25) is 0 Å². The predicted octanol–water partition coefficient (Wildman–Crippen LogP) is 23.3. The van der Waals surface area contributed by atoms with E-state index in [1.165, 1.54) is 77.9 Å². The average Bonchev–Trinajstić information content (AvgIpc) is 1.39. The summed E-state index contributed by atoms with van der Waals surface area (Å²) in [5.74, 6) is 6.87. The van der Waals surface area contributed by atoms with E-state index in [9.17, 15) is 0 Å². The molecular formula is C100H60N6O2. The van der Waals surface area contributed by atoms with Crippen LogP contribution in [0.4, 0.5) is 0 Å². The summed E-state index contributed by atoms with van der Waals surface area (Å²) >= 11 is 0. The Bertz CT molecular complexity index is 6190. The third-order valence-electron chi connectivity index (χ3n) is 23.5. The van der Waals surface area contributed by atoms with Crippen LogP contribution in [0.25, 0.3) is 113 Å². The van der Waals surface area contributed by atoms with E-state index in [1.54, 1.807) is 0 Å². The summed E-state index contributed by atoms with van der Waals surface area (Å²) in [5.41, 5.74) is 30.2. The zero-order valence-electron chi connectivity index (χ0n) is 58.1. The van der Waals surface area contributed by atoms with Gasteiger partial charge in [-0.2, -0.15) is 0 Å². The number of nitrogens with zero attached hydrogens (tertiary/aromatic N) is 6. The van der Waals surface area contributed by atoms with Crippen LogP contribution in [0.5, 0.6) is 23.0 Å². The van der Waals surface area contributed by atoms with Crippen molar-refractivity contribution in [3.05, 3.63) is 430 Å². The number of hydrogen-bond acceptors (Lipinski definition) is 8. The fraction of sp³-hybridized carbons (Fsp3) is 0.0400. The maximum absolute atomic E-state index is 6.73. The highest BCUT2D eigenvalue weighted by Crippen LogP contribution is 2.65. The van der Waals surface area contributed by atoms with Crippen molar-refractivity contribution in [3.63, 3.8) is 0 Å². The Morgan fingerprint density at radius 1 is 0.176 bits per heavy atom. The van der Waals surface area contributed by atoms with Gasteiger partial charge in [-0.25, -0.2) is 29.9 Å². The number of rotatable bonds is 8. The molecule has 2 spiro atoms. The molecule has 2 atom stereocenters. The maximum Gasteiger partial charge on any atom is 0.164 e. The van der Waals surface area contributed by atoms with Crippen molar-refractivity contribution < 1.29 is 9.47 Å². The van der Waals surface area contributed by atoms with Gasteiger partial charge in [-0.3, -0.25) is 0 Å². The van der Waals surface area contributed by atoms with Crippen molar-refractivity contribution in [1.82, 2.24) is 29.9 Å². The summed E-state index contributed by atoms with van der Waals surface area (Å²) in [6, 6.07) is 126. The summed E-state index contributed by atoms with van der Waals surface area (Å²) in [4.78, 5) is 32.7. The number of ether oxygens (including phenoxy) is 2. The monoisotopic (exact) mass is 1380 g/mol. The van der Waals surface area contributed by atoms with Gasteiger partial charge in [0, 0.05) is 67.5 Å². The first kappa shape index (κ1) is 60.3. The summed E-state index contributed by atoms with van der Waals surface area (Å²) < 4.78 is 13.5. The van der Waals surface area contributed by atoms with E-state index >= 15 is 0 Å². The van der Waals surface area contributed by atoms with Crippen LogP contribution in [-0.2, 0) is 10.8 Å². The Balaban J connectivity index is 0.637. The zero-order chi connectivity index (χ0) is 70.8. The quantitative estimate of drug-likeness (QED) is 0.148. The summed E-state index contributed by atoms with van der Waals surface area (Å²) in [5, 5.41) is 0. The van der Waals surface area contributed by atoms with Gasteiger partial charge in [-0.05, 0) is 149 Å². The standard InChI is InChI=1S/C100H60N6O2/c1-3-25-59(26-4-1)93-101-95(105-97(103-93)75-35-11-7-29-65(75)61-47-51-69-67-31-13-15-37-79(67)99(85(69)57-61)81-39-17-21-43-87(81)107-88-44-22-18-40-82(88)99)63-49-53-73-77(55-63)91-71-33-9-10-34-72(71)92(73)78-56-64(50-54-74(78)91)96-102-94(60-27-5-2-6-28-60)104-98(106-96)76-36-12-8-30-66(76)62-48-52-70-68-32-14-16-38-80(68)100(86(70)58-62)83-41-19-23-45-89(83)108-90-46-24-20-42-84(90)100/h1-58,91-92H. The third kappa shape index (κ3) is 8.62. The molecule has 2 aromatic heterocycles. The Morgan fingerprint density at radius 3 is 0.843 bits per heavy atom. The first-order valence-corrected chi connectivity index (χ1v) is 37.0. The minimum absolute atomic E-state index is 0.0762. The van der Waals surface area contributed by atoms with Crippen molar-refractivity contribution >= 4 is 0 Å². The second kappa shape index (κ2) is 23.2. The van der Waals surface area contributed by atoms with Crippen molar-refractivity contribution in [2.24, 2.45) is 0 Å². The van der Waals surface area contributed by atoms with Crippen LogP contribution in [-0.4, -0.2) is 29.9 Å². The number of hydrogen-bond donors (Lipinski definition) is 0. The first-order chi connectivity index (χ1) is 53.5. The first-order valence-electron chi connectivity index (χ1n) is 37.0. The molecule has 8 nitrogen and oxygen atoms in total. The number of aromatic nitrogens is 6. The van der Waals surface area contributed by atoms with E-state index in [-0.39, 0.29) is 11.8 Å². The van der Waals surface area contributed by atoms with E-state index < -0.39 is 10.8 Å². The molecule has 0 saturated carbocycles. The molecule has 0 fully saturated rings. The highest BCUT2D eigenvalue weighted by atomic mass is 16.5. The van der Waals surface area contributed by atoms with Gasteiger partial charge in [0.15, 0.2) is 34.9 Å². The lowest BCUT2D eigenvalue weighted by Crippen LogP contribution is -2.32. The summed E-state index contributed by atoms with van der Waals surface area (Å²) in [6.07, 6.45) is 0. The van der Waals surface area contributed by atoms with Gasteiger partial charge in [0.05, 0.1) is 10.8 Å². The highest BCUT2D eigenvalue weighted by molar-refractivity contribution is 5.95. The van der Waals surface area contributed by atoms with E-state index in [1.807, 2.05) is 36.4 Å². The molecule has 0 radical (unpaired) electrons. The van der Waals surface area contributed by atoms with Crippen LogP contribution >= 0.6 is 0 Å². The van der Waals surface area contributed by atoms with Crippen molar-refractivity contribution in [1.29, 1.82) is 0 Å². The molecule has 15 aromatic carbocycles. The molecule has 2 aliphatic heterocycles. The van der Waals surface area contributed by atoms with Gasteiger partial charge in [-0.15, -0.1) is 0 Å². The van der Waals surface area contributed by atoms with Crippen molar-refractivity contribution in [2.45, 2.75) is 22.7 Å². The van der Waals surface area contributed by atoms with E-state index in [4.69, 9.17) is 39.4 Å². The van der Waals surface area contributed by atoms with Crippen LogP contribution in [0, 0.1) is 0 Å². The molecule has 2 bridgehead atoms. The van der Waals surface area contributed by atoms with Crippen LogP contribution in [0.15, 0.2) is 352 Å². The Hall–Kier alpha value is -14.1. The van der Waals surface area contributed by atoms with E-state index in [0.717, 1.165) is 101 Å². The zero-order valence-corrected chi connectivity index (χ0v) is 58.1. The Kier molecular flexibility index (Phi) is 13.0. The van der Waals surface area contributed by atoms with Crippen LogP contribution in [0.1, 0.15) is 89.7 Å². The van der Waals surface area contributed by atoms with E-state index in [2.05, 4.69) is 315 Å². The molecule has 17 aromatic rings. The third-order valence-corrected chi connectivity index (χ3v) is 23.5. The maximum atomic E-state index is 6.73. The topological polar surface area (TPSA) is 95.8 Å². The van der Waals surface area contributed by atoms with Gasteiger partial charge >= 0.3 is 0 Å². The lowest BCUT2D eigenvalue weighted by atomic mass is 9.61. The van der Waals surface area contributed by atoms with Gasteiger partial charge in [0.25, 0.3) is 0 Å². The minimum Gasteiger partial charge on any atom is -0.457 e. The largest absolute Gasteiger partial charge is 0.457 e. The van der Waals surface area contributed by atoms with Gasteiger partial charge in [-0.1, -0.05) is 303 Å². The minimum atomic E-state index is -0.628. The van der Waals surface area contributed by atoms with Gasteiger partial charge < -0.3 is 9.47 Å². The van der Waals surface area contributed by atoms with Crippen LogP contribution in [0.3, 0.4) is 0 Å². The molecule has 2 unspecified atom stereocenters. The molecular weight excluding hydrogens is 1320 g/mol. The summed E-state index contributed by atoms with van der Waals surface area (Å²) in [6.45, 7) is 0. The lowest BCUT2D eigenvalue weighted by molar-refractivity contribution is 0.436. The molecule has 5 aliphatic carbocycles. The number of para-hydroxylation sites is 4. The normalized spacial score (nSPS) is 15.1. The smallest absolute Gasteiger partial charge is 0.164 e. The van der Waals surface area contributed by atoms with Crippen LogP contribution < -0.4 is 9.47 Å². The number of benzene rings is 15. The lowest BCUT2D eigenvalue weighted by Gasteiger charge is -2.42. The van der Waals surface area contributed by atoms with E-state index in [0.29, 0.717) is 34.9 Å². The average molecular weight is 1380 g/mol. The second-order valence-electron chi connectivity index (χ2n) is 28.9. The second-order valence-corrected chi connectivity index (χ2v) is 28.9. The Labute approximate surface area is 623 Å². The Morgan fingerprint density at radius 2 is 0.454 bits per heavy atom. The molecule has 24 rings (SSSR count). The van der Waals surface area contributed by atoms with Gasteiger partial charge in [0.1, 0.15) is 23.0 Å². The molecule has 8 heteroatoms. The molecule has 108 heavy (non-hydrogen) atoms. The molecule has 502 valence electrons. The summed E-state index contributed by atoms with van der Waals surface area (Å²) in [7, 11) is 0. The molecule has 0 amide bonds.